The van der Waals surface area contributed by atoms with Crippen molar-refractivity contribution in [2.24, 2.45) is 0 Å². The third-order valence-corrected chi connectivity index (χ3v) is 6.08. The van der Waals surface area contributed by atoms with Crippen molar-refractivity contribution in [1.82, 2.24) is 0 Å². The first-order valence-corrected chi connectivity index (χ1v) is 10.8. The fourth-order valence-electron chi connectivity index (χ4n) is 4.37. The molecule has 1 unspecified atom stereocenters. The Morgan fingerprint density at radius 2 is 1.82 bits per heavy atom. The molecule has 168 valence electrons. The van der Waals surface area contributed by atoms with Crippen molar-refractivity contribution >= 4 is 28.8 Å². The van der Waals surface area contributed by atoms with Crippen LogP contribution in [0.4, 0.5) is 11.4 Å². The molecule has 2 aliphatic heterocycles. The number of ether oxygens (including phenoxy) is 1. The summed E-state index contributed by atoms with van der Waals surface area (Å²) in [6, 6.07) is 15.2. The van der Waals surface area contributed by atoms with Crippen LogP contribution in [0, 0.1) is 6.92 Å². The number of hydrogen-bond donors (Lipinski definition) is 1. The molecule has 1 aromatic heterocycles. The summed E-state index contributed by atoms with van der Waals surface area (Å²) < 4.78 is 11.4. The number of nitrogens with zero attached hydrogens (tertiary/aromatic N) is 2. The number of furan rings is 1. The van der Waals surface area contributed by atoms with Crippen LogP contribution in [0.25, 0.3) is 5.76 Å². The Kier molecular flexibility index (Phi) is 4.96. The zero-order valence-electron chi connectivity index (χ0n) is 18.7. The molecule has 0 radical (unpaired) electrons. The summed E-state index contributed by atoms with van der Waals surface area (Å²) in [7, 11) is 3.85. The van der Waals surface area contributed by atoms with E-state index in [9.17, 15) is 14.7 Å². The first-order valence-electron chi connectivity index (χ1n) is 10.8. The number of amides is 1. The van der Waals surface area contributed by atoms with E-state index in [2.05, 4.69) is 0 Å². The minimum absolute atomic E-state index is 0.00454. The zero-order chi connectivity index (χ0) is 23.3. The van der Waals surface area contributed by atoms with Gasteiger partial charge in [-0.3, -0.25) is 14.5 Å². The quantitative estimate of drug-likeness (QED) is 0.369. The van der Waals surface area contributed by atoms with Gasteiger partial charge in [-0.2, -0.15) is 0 Å². The van der Waals surface area contributed by atoms with Gasteiger partial charge in [-0.15, -0.1) is 0 Å². The molecule has 1 N–H and O–H groups in total. The number of anilines is 2. The number of rotatable bonds is 4. The summed E-state index contributed by atoms with van der Waals surface area (Å²) in [4.78, 5) is 29.8. The van der Waals surface area contributed by atoms with Crippen molar-refractivity contribution in [3.8, 4) is 5.75 Å². The molecule has 1 saturated heterocycles. The van der Waals surface area contributed by atoms with Crippen LogP contribution in [-0.2, 0) is 16.0 Å². The smallest absolute Gasteiger partial charge is 0.300 e. The molecule has 7 heteroatoms. The third-order valence-electron chi connectivity index (χ3n) is 6.08. The van der Waals surface area contributed by atoms with E-state index in [4.69, 9.17) is 9.15 Å². The Morgan fingerprint density at radius 1 is 1.06 bits per heavy atom. The maximum atomic E-state index is 13.2. The highest BCUT2D eigenvalue weighted by molar-refractivity contribution is 6.51. The number of aryl methyl sites for hydroxylation is 1. The number of ketones is 1. The van der Waals surface area contributed by atoms with Crippen molar-refractivity contribution in [2.75, 3.05) is 30.5 Å². The third kappa shape index (κ3) is 3.46. The summed E-state index contributed by atoms with van der Waals surface area (Å²) >= 11 is 0. The Labute approximate surface area is 191 Å². The van der Waals surface area contributed by atoms with Crippen molar-refractivity contribution in [2.45, 2.75) is 19.4 Å². The second kappa shape index (κ2) is 7.85. The topological polar surface area (TPSA) is 83.2 Å². The van der Waals surface area contributed by atoms with E-state index in [-0.39, 0.29) is 11.3 Å². The molecule has 0 aliphatic carbocycles. The normalized spacial score (nSPS) is 19.0. The van der Waals surface area contributed by atoms with Gasteiger partial charge in [0.05, 0.1) is 12.2 Å². The molecular weight excluding hydrogens is 420 g/mol. The van der Waals surface area contributed by atoms with E-state index < -0.39 is 17.7 Å². The minimum Gasteiger partial charge on any atom is -0.507 e. The van der Waals surface area contributed by atoms with Crippen LogP contribution >= 0.6 is 0 Å². The van der Waals surface area contributed by atoms with Crippen LogP contribution < -0.4 is 14.5 Å². The summed E-state index contributed by atoms with van der Waals surface area (Å²) in [5.74, 6) is 0.140. The van der Waals surface area contributed by atoms with Crippen LogP contribution in [0.2, 0.25) is 0 Å². The van der Waals surface area contributed by atoms with E-state index >= 15 is 0 Å². The molecule has 3 aromatic rings. The average Bonchev–Trinajstić information content (AvgIpc) is 3.51. The highest BCUT2D eigenvalue weighted by Crippen LogP contribution is 2.43. The summed E-state index contributed by atoms with van der Waals surface area (Å²) in [5, 5.41) is 11.3. The van der Waals surface area contributed by atoms with Crippen LogP contribution in [0.1, 0.15) is 28.7 Å². The van der Waals surface area contributed by atoms with Crippen molar-refractivity contribution in [1.29, 1.82) is 0 Å². The van der Waals surface area contributed by atoms with Crippen LogP contribution in [-0.4, -0.2) is 37.5 Å². The predicted molar refractivity (Wildman–Crippen MR) is 125 cm³/mol. The predicted octanol–water partition coefficient (Wildman–Crippen LogP) is 4.22. The monoisotopic (exact) mass is 444 g/mol. The largest absolute Gasteiger partial charge is 0.507 e. The van der Waals surface area contributed by atoms with Gasteiger partial charge in [0.2, 0.25) is 0 Å². The molecule has 5 rings (SSSR count). The Bertz CT molecular complexity index is 1290. The molecule has 33 heavy (non-hydrogen) atoms. The Morgan fingerprint density at radius 3 is 2.48 bits per heavy atom. The van der Waals surface area contributed by atoms with Gasteiger partial charge in [-0.25, -0.2) is 0 Å². The first-order chi connectivity index (χ1) is 15.8. The van der Waals surface area contributed by atoms with E-state index in [1.807, 2.05) is 31.1 Å². The number of carbonyl (C=O) groups is 2. The SMILES string of the molecule is Cc1ccc(C2/C(=C(/O)c3ccc4c(c3)CCO4)C(=O)C(=O)N2c2ccc(N(C)C)cc2)o1. The number of fused-ring (bicyclic) bond motifs is 1. The summed E-state index contributed by atoms with van der Waals surface area (Å²) in [6.07, 6.45) is 0.726. The highest BCUT2D eigenvalue weighted by Gasteiger charge is 2.48. The van der Waals surface area contributed by atoms with Crippen LogP contribution in [0.15, 0.2) is 64.6 Å². The standard InChI is InChI=1S/C26H24N2O5/c1-15-4-10-21(33-15)23-22(24(29)17-5-11-20-16(14-17)12-13-32-20)25(30)26(31)28(23)19-8-6-18(7-9-19)27(2)3/h4-11,14,23,29H,12-13H2,1-3H3/b24-22-. The highest BCUT2D eigenvalue weighted by atomic mass is 16.5. The Balaban J connectivity index is 1.66. The maximum Gasteiger partial charge on any atom is 0.300 e. The van der Waals surface area contributed by atoms with Gasteiger partial charge in [-0.1, -0.05) is 0 Å². The zero-order valence-corrected chi connectivity index (χ0v) is 18.7. The molecule has 0 saturated carbocycles. The fraction of sp³-hybridized carbons (Fsp3) is 0.231. The van der Waals surface area contributed by atoms with Gasteiger partial charge in [0.25, 0.3) is 11.7 Å². The number of carbonyl (C=O) groups excluding carboxylic acids is 2. The number of Topliss-reactive ketones (excluding diaryl/α,β-unsaturated/α-hetero) is 1. The maximum absolute atomic E-state index is 13.2. The second-order valence-corrected chi connectivity index (χ2v) is 8.45. The van der Waals surface area contributed by atoms with E-state index in [1.165, 1.54) is 4.90 Å². The first kappa shape index (κ1) is 20.9. The van der Waals surface area contributed by atoms with Gasteiger partial charge in [0.1, 0.15) is 29.1 Å². The molecular formula is C26H24N2O5. The molecule has 1 fully saturated rings. The molecule has 2 aromatic carbocycles. The van der Waals surface area contributed by atoms with Crippen molar-refractivity contribution < 1.29 is 23.8 Å². The van der Waals surface area contributed by atoms with Crippen LogP contribution in [0.5, 0.6) is 5.75 Å². The molecule has 3 heterocycles. The molecule has 7 nitrogen and oxygen atoms in total. The molecule has 0 bridgehead atoms. The average molecular weight is 444 g/mol. The van der Waals surface area contributed by atoms with Crippen molar-refractivity contribution in [3.63, 3.8) is 0 Å². The summed E-state index contributed by atoms with van der Waals surface area (Å²) in [6.45, 7) is 2.38. The van der Waals surface area contributed by atoms with E-state index in [0.717, 1.165) is 23.4 Å². The lowest BCUT2D eigenvalue weighted by atomic mass is 9.98. The van der Waals surface area contributed by atoms with Gasteiger partial charge in [-0.05, 0) is 67.1 Å². The van der Waals surface area contributed by atoms with E-state index in [1.54, 1.807) is 49.4 Å². The lowest BCUT2D eigenvalue weighted by molar-refractivity contribution is -0.132. The lowest BCUT2D eigenvalue weighted by Gasteiger charge is -2.24. The second-order valence-electron chi connectivity index (χ2n) is 8.45. The molecule has 2 aliphatic rings. The number of hydrogen-bond acceptors (Lipinski definition) is 6. The Hall–Kier alpha value is -4.00. The summed E-state index contributed by atoms with van der Waals surface area (Å²) in [5.41, 5.74) is 2.93. The van der Waals surface area contributed by atoms with Crippen LogP contribution in [0.3, 0.4) is 0 Å². The van der Waals surface area contributed by atoms with Gasteiger partial charge in [0, 0.05) is 37.5 Å². The minimum atomic E-state index is -0.881. The van der Waals surface area contributed by atoms with Crippen molar-refractivity contribution in [3.05, 3.63) is 82.8 Å². The fourth-order valence-corrected chi connectivity index (χ4v) is 4.37. The van der Waals surface area contributed by atoms with Gasteiger partial charge < -0.3 is 19.2 Å². The molecule has 1 amide bonds. The van der Waals surface area contributed by atoms with E-state index in [0.29, 0.717) is 29.4 Å². The number of aliphatic hydroxyl groups is 1. The number of aliphatic hydroxyl groups excluding tert-OH is 1. The lowest BCUT2D eigenvalue weighted by Crippen LogP contribution is -2.29. The number of benzene rings is 2. The molecule has 0 spiro atoms. The molecule has 1 atom stereocenters. The van der Waals surface area contributed by atoms with Gasteiger partial charge in [0.15, 0.2) is 0 Å². The van der Waals surface area contributed by atoms with Gasteiger partial charge >= 0.3 is 0 Å².